The number of halogens is 2. The van der Waals surface area contributed by atoms with Gasteiger partial charge in [0.25, 0.3) is 0 Å². The molecule has 2 heterocycles. The molecule has 0 N–H and O–H groups in total. The molecule has 5 rings (SSSR count). The number of benzene rings is 3. The van der Waals surface area contributed by atoms with Gasteiger partial charge in [-0.25, -0.2) is 12.8 Å². The van der Waals surface area contributed by atoms with Crippen LogP contribution < -0.4 is 4.90 Å². The summed E-state index contributed by atoms with van der Waals surface area (Å²) in [5.41, 5.74) is 1.72. The van der Waals surface area contributed by atoms with E-state index in [1.54, 1.807) is 0 Å². The summed E-state index contributed by atoms with van der Waals surface area (Å²) in [6.45, 7) is 3.45. The minimum absolute atomic E-state index is 0.0739. The highest BCUT2D eigenvalue weighted by Gasteiger charge is 2.33. The largest absolute Gasteiger partial charge is 0.419 e. The summed E-state index contributed by atoms with van der Waals surface area (Å²) in [4.78, 5) is 8.67. The second-order valence-corrected chi connectivity index (χ2v) is 10.6. The van der Waals surface area contributed by atoms with Gasteiger partial charge in [0.05, 0.1) is 4.90 Å². The molecule has 180 valence electrons. The van der Waals surface area contributed by atoms with Crippen molar-refractivity contribution >= 4 is 27.3 Å². The molecular formula is C26H23ClFN3O3S. The van der Waals surface area contributed by atoms with Crippen molar-refractivity contribution < 1.29 is 17.2 Å². The number of anilines is 1. The van der Waals surface area contributed by atoms with E-state index in [9.17, 15) is 12.8 Å². The molecule has 0 amide bonds. The molecule has 3 aromatic carbocycles. The molecule has 1 aromatic heterocycles. The van der Waals surface area contributed by atoms with Crippen LogP contribution in [0.4, 0.5) is 10.3 Å². The van der Waals surface area contributed by atoms with E-state index < -0.39 is 15.7 Å². The van der Waals surface area contributed by atoms with E-state index in [1.807, 2.05) is 23.1 Å². The molecule has 0 unspecified atom stereocenters. The number of hydrogen-bond donors (Lipinski definition) is 0. The van der Waals surface area contributed by atoms with Crippen LogP contribution in [-0.4, -0.2) is 44.5 Å². The van der Waals surface area contributed by atoms with Gasteiger partial charge in [-0.3, -0.25) is 4.90 Å². The molecule has 0 saturated carbocycles. The molecule has 6 nitrogen and oxygen atoms in total. The van der Waals surface area contributed by atoms with Gasteiger partial charge in [0, 0.05) is 43.3 Å². The summed E-state index contributed by atoms with van der Waals surface area (Å²) in [5.74, 6) is -0.0815. The maximum absolute atomic E-state index is 13.6. The Morgan fingerprint density at radius 2 is 1.54 bits per heavy atom. The number of rotatable bonds is 6. The number of hydrogen-bond acceptors (Lipinski definition) is 6. The smallest absolute Gasteiger partial charge is 0.236 e. The van der Waals surface area contributed by atoms with Crippen molar-refractivity contribution in [3.05, 3.63) is 95.3 Å². The number of sulfone groups is 1. The third-order valence-corrected chi connectivity index (χ3v) is 7.88. The van der Waals surface area contributed by atoms with E-state index in [2.05, 4.69) is 22.0 Å². The van der Waals surface area contributed by atoms with Gasteiger partial charge >= 0.3 is 0 Å². The first-order valence-electron chi connectivity index (χ1n) is 11.2. The lowest BCUT2D eigenvalue weighted by molar-refractivity contribution is 0.245. The Morgan fingerprint density at radius 1 is 0.886 bits per heavy atom. The number of nitrogens with zero attached hydrogens (tertiary/aromatic N) is 3. The van der Waals surface area contributed by atoms with E-state index in [4.69, 9.17) is 16.0 Å². The van der Waals surface area contributed by atoms with Gasteiger partial charge in [-0.2, -0.15) is 4.98 Å². The maximum atomic E-state index is 13.6. The number of oxazole rings is 1. The quantitative estimate of drug-likeness (QED) is 0.350. The zero-order valence-corrected chi connectivity index (χ0v) is 20.3. The Labute approximate surface area is 208 Å². The zero-order valence-electron chi connectivity index (χ0n) is 18.8. The SMILES string of the molecule is O=S(=O)(c1ccc(Cl)cc1)c1nc(-c2ccc(F)cc2)oc1N1CCN(Cc2ccccc2)CC1. The van der Waals surface area contributed by atoms with Gasteiger partial charge in [-0.15, -0.1) is 0 Å². The van der Waals surface area contributed by atoms with E-state index >= 15 is 0 Å². The third-order valence-electron chi connectivity index (χ3n) is 5.96. The Morgan fingerprint density at radius 3 is 2.20 bits per heavy atom. The van der Waals surface area contributed by atoms with Crippen LogP contribution in [-0.2, 0) is 16.4 Å². The lowest BCUT2D eigenvalue weighted by Crippen LogP contribution is -2.46. The average molecular weight is 512 g/mol. The van der Waals surface area contributed by atoms with Gasteiger partial charge in [0.2, 0.25) is 26.6 Å². The van der Waals surface area contributed by atoms with E-state index in [0.29, 0.717) is 23.7 Å². The van der Waals surface area contributed by atoms with E-state index in [-0.39, 0.29) is 21.7 Å². The van der Waals surface area contributed by atoms with Crippen molar-refractivity contribution in [3.8, 4) is 11.5 Å². The molecule has 1 saturated heterocycles. The molecule has 4 aromatic rings. The van der Waals surface area contributed by atoms with Crippen molar-refractivity contribution in [2.24, 2.45) is 0 Å². The topological polar surface area (TPSA) is 66.7 Å². The monoisotopic (exact) mass is 511 g/mol. The molecule has 0 radical (unpaired) electrons. The maximum Gasteiger partial charge on any atom is 0.236 e. The first-order chi connectivity index (χ1) is 16.9. The fourth-order valence-corrected chi connectivity index (χ4v) is 5.51. The Bertz CT molecular complexity index is 1400. The van der Waals surface area contributed by atoms with Crippen LogP contribution in [0.1, 0.15) is 5.56 Å². The third kappa shape index (κ3) is 5.10. The predicted molar refractivity (Wildman–Crippen MR) is 133 cm³/mol. The lowest BCUT2D eigenvalue weighted by atomic mass is 10.2. The van der Waals surface area contributed by atoms with Crippen LogP contribution in [0, 0.1) is 5.82 Å². The van der Waals surface area contributed by atoms with Gasteiger partial charge in [0.1, 0.15) is 5.82 Å². The molecule has 9 heteroatoms. The summed E-state index contributed by atoms with van der Waals surface area (Å²) >= 11 is 5.96. The fourth-order valence-electron chi connectivity index (χ4n) is 4.06. The van der Waals surface area contributed by atoms with Crippen LogP contribution >= 0.6 is 11.6 Å². The molecule has 1 fully saturated rings. The van der Waals surface area contributed by atoms with Gasteiger partial charge < -0.3 is 9.32 Å². The summed E-state index contributed by atoms with van der Waals surface area (Å²) in [6.07, 6.45) is 0. The molecular weight excluding hydrogens is 489 g/mol. The van der Waals surface area contributed by atoms with E-state index in [0.717, 1.165) is 19.6 Å². The predicted octanol–water partition coefficient (Wildman–Crippen LogP) is 5.29. The normalized spacial score (nSPS) is 14.9. The fraction of sp³-hybridized carbons (Fsp3) is 0.192. The number of aromatic nitrogens is 1. The second-order valence-electron chi connectivity index (χ2n) is 8.34. The van der Waals surface area contributed by atoms with Gasteiger partial charge in [-0.1, -0.05) is 41.9 Å². The average Bonchev–Trinajstić information content (AvgIpc) is 3.32. The van der Waals surface area contributed by atoms with Crippen LogP contribution in [0.2, 0.25) is 5.02 Å². The highest BCUT2D eigenvalue weighted by molar-refractivity contribution is 7.91. The summed E-state index contributed by atoms with van der Waals surface area (Å²) < 4.78 is 46.6. The van der Waals surface area contributed by atoms with Gasteiger partial charge in [-0.05, 0) is 54.1 Å². The molecule has 0 bridgehead atoms. The lowest BCUT2D eigenvalue weighted by Gasteiger charge is -2.34. The molecule has 1 aliphatic heterocycles. The Hall–Kier alpha value is -3.20. The summed E-state index contributed by atoms with van der Waals surface area (Å²) in [5, 5.41) is 0.279. The first-order valence-corrected chi connectivity index (χ1v) is 13.0. The molecule has 0 aliphatic carbocycles. The van der Waals surface area contributed by atoms with Crippen molar-refractivity contribution in [2.45, 2.75) is 16.5 Å². The molecule has 35 heavy (non-hydrogen) atoms. The minimum atomic E-state index is -3.99. The van der Waals surface area contributed by atoms with Crippen LogP contribution in [0.5, 0.6) is 0 Å². The highest BCUT2D eigenvalue weighted by Crippen LogP contribution is 2.35. The van der Waals surface area contributed by atoms with Crippen LogP contribution in [0.25, 0.3) is 11.5 Å². The minimum Gasteiger partial charge on any atom is -0.419 e. The van der Waals surface area contributed by atoms with Crippen LogP contribution in [0.15, 0.2) is 93.2 Å². The standard InChI is InChI=1S/C26H23ClFN3O3S/c27-21-8-12-23(13-9-21)35(32,33)25-26(34-24(29-25)20-6-10-22(28)11-7-20)31-16-14-30(15-17-31)18-19-4-2-1-3-5-19/h1-13H,14-18H2. The van der Waals surface area contributed by atoms with Crippen molar-refractivity contribution in [1.82, 2.24) is 9.88 Å². The second kappa shape index (κ2) is 9.81. The highest BCUT2D eigenvalue weighted by atomic mass is 35.5. The first kappa shape index (κ1) is 23.5. The Kier molecular flexibility index (Phi) is 6.60. The van der Waals surface area contributed by atoms with Crippen molar-refractivity contribution in [3.63, 3.8) is 0 Å². The van der Waals surface area contributed by atoms with Crippen molar-refractivity contribution in [2.75, 3.05) is 31.1 Å². The summed E-state index contributed by atoms with van der Waals surface area (Å²) in [7, 11) is -3.99. The summed E-state index contributed by atoms with van der Waals surface area (Å²) in [6, 6.07) is 21.8. The van der Waals surface area contributed by atoms with E-state index in [1.165, 1.54) is 54.1 Å². The van der Waals surface area contributed by atoms with Crippen molar-refractivity contribution in [1.29, 1.82) is 0 Å². The molecule has 0 spiro atoms. The molecule has 0 atom stereocenters. The zero-order chi connectivity index (χ0) is 24.4. The molecule has 1 aliphatic rings. The van der Waals surface area contributed by atoms with Gasteiger partial charge in [0.15, 0.2) is 0 Å². The number of piperazine rings is 1. The Balaban J connectivity index is 1.46. The van der Waals surface area contributed by atoms with Crippen LogP contribution in [0.3, 0.4) is 0 Å².